The summed E-state index contributed by atoms with van der Waals surface area (Å²) in [5, 5.41) is 8.10. The van der Waals surface area contributed by atoms with Gasteiger partial charge in [-0.15, -0.1) is 0 Å². The molecule has 1 N–H and O–H groups in total. The van der Waals surface area contributed by atoms with Crippen LogP contribution in [0.25, 0.3) is 0 Å². The minimum absolute atomic E-state index is 0.659. The Morgan fingerprint density at radius 1 is 1.53 bits per heavy atom. The van der Waals surface area contributed by atoms with Crippen molar-refractivity contribution >= 4 is 0 Å². The lowest BCUT2D eigenvalue weighted by atomic mass is 10.1. The van der Waals surface area contributed by atoms with Gasteiger partial charge in [0, 0.05) is 32.4 Å². The molecule has 1 atom stereocenters. The van der Waals surface area contributed by atoms with Crippen molar-refractivity contribution in [3.63, 3.8) is 0 Å². The summed E-state index contributed by atoms with van der Waals surface area (Å²) in [4.78, 5) is 2.53. The third-order valence-electron chi connectivity index (χ3n) is 3.35. The van der Waals surface area contributed by atoms with Crippen molar-refractivity contribution in [3.8, 4) is 0 Å². The van der Waals surface area contributed by atoms with Gasteiger partial charge in [0.05, 0.1) is 5.69 Å². The highest BCUT2D eigenvalue weighted by molar-refractivity contribution is 4.98. The summed E-state index contributed by atoms with van der Waals surface area (Å²) >= 11 is 0. The van der Waals surface area contributed by atoms with Gasteiger partial charge >= 0.3 is 0 Å². The number of hydrogen-bond donors (Lipinski definition) is 1. The van der Waals surface area contributed by atoms with E-state index < -0.39 is 0 Å². The van der Waals surface area contributed by atoms with Gasteiger partial charge in [-0.2, -0.15) is 5.10 Å². The van der Waals surface area contributed by atoms with Gasteiger partial charge in [0.1, 0.15) is 0 Å². The smallest absolute Gasteiger partial charge is 0.0764 e. The molecule has 4 heteroatoms. The molecule has 1 aromatic rings. The third kappa shape index (κ3) is 3.82. The zero-order chi connectivity index (χ0) is 12.1. The monoisotopic (exact) mass is 236 g/mol. The maximum absolute atomic E-state index is 4.46. The van der Waals surface area contributed by atoms with Crippen molar-refractivity contribution in [2.45, 2.75) is 38.8 Å². The SMILES string of the molecule is CCCC1CN(Cc2ccn(C)n2)CCCN1. The molecule has 0 bridgehead atoms. The molecule has 0 aliphatic carbocycles. The molecule has 1 saturated heterocycles. The largest absolute Gasteiger partial charge is 0.313 e. The number of aryl methyl sites for hydroxylation is 1. The Morgan fingerprint density at radius 2 is 2.41 bits per heavy atom. The van der Waals surface area contributed by atoms with Gasteiger partial charge in [0.15, 0.2) is 0 Å². The van der Waals surface area contributed by atoms with E-state index in [1.54, 1.807) is 0 Å². The van der Waals surface area contributed by atoms with Gasteiger partial charge in [-0.25, -0.2) is 0 Å². The van der Waals surface area contributed by atoms with Gasteiger partial charge < -0.3 is 5.32 Å². The minimum Gasteiger partial charge on any atom is -0.313 e. The summed E-state index contributed by atoms with van der Waals surface area (Å²) in [7, 11) is 1.98. The molecule has 1 aromatic heterocycles. The summed E-state index contributed by atoms with van der Waals surface area (Å²) in [5.74, 6) is 0. The van der Waals surface area contributed by atoms with Gasteiger partial charge in [-0.3, -0.25) is 9.58 Å². The van der Waals surface area contributed by atoms with Gasteiger partial charge in [-0.05, 0) is 32.0 Å². The van der Waals surface area contributed by atoms with Crippen molar-refractivity contribution in [2.24, 2.45) is 7.05 Å². The molecule has 1 aliphatic rings. The summed E-state index contributed by atoms with van der Waals surface area (Å²) < 4.78 is 1.88. The second-order valence-corrected chi connectivity index (χ2v) is 5.01. The molecule has 1 aliphatic heterocycles. The van der Waals surface area contributed by atoms with Gasteiger partial charge in [-0.1, -0.05) is 13.3 Å². The molecule has 2 heterocycles. The predicted octanol–water partition coefficient (Wildman–Crippen LogP) is 1.38. The Hall–Kier alpha value is -0.870. The van der Waals surface area contributed by atoms with Crippen LogP contribution in [0.1, 0.15) is 31.9 Å². The van der Waals surface area contributed by atoms with Gasteiger partial charge in [0.2, 0.25) is 0 Å². The lowest BCUT2D eigenvalue weighted by molar-refractivity contribution is 0.251. The first-order valence-electron chi connectivity index (χ1n) is 6.72. The minimum atomic E-state index is 0.659. The van der Waals surface area contributed by atoms with Crippen LogP contribution in [0.4, 0.5) is 0 Å². The van der Waals surface area contributed by atoms with Crippen LogP contribution in [0.15, 0.2) is 12.3 Å². The Morgan fingerprint density at radius 3 is 3.12 bits per heavy atom. The van der Waals surface area contributed by atoms with Crippen LogP contribution in [-0.4, -0.2) is 40.4 Å². The van der Waals surface area contributed by atoms with E-state index in [1.807, 2.05) is 17.9 Å². The van der Waals surface area contributed by atoms with Crippen molar-refractivity contribution in [1.29, 1.82) is 0 Å². The van der Waals surface area contributed by atoms with E-state index in [4.69, 9.17) is 0 Å². The maximum Gasteiger partial charge on any atom is 0.0764 e. The molecule has 0 radical (unpaired) electrons. The van der Waals surface area contributed by atoms with E-state index in [0.717, 1.165) is 19.6 Å². The summed E-state index contributed by atoms with van der Waals surface area (Å²) in [6, 6.07) is 2.78. The highest BCUT2D eigenvalue weighted by Crippen LogP contribution is 2.09. The summed E-state index contributed by atoms with van der Waals surface area (Å²) in [6.45, 7) is 6.75. The van der Waals surface area contributed by atoms with E-state index in [0.29, 0.717) is 6.04 Å². The predicted molar refractivity (Wildman–Crippen MR) is 69.8 cm³/mol. The highest BCUT2D eigenvalue weighted by Gasteiger charge is 2.17. The lowest BCUT2D eigenvalue weighted by Gasteiger charge is -2.23. The van der Waals surface area contributed by atoms with E-state index in [9.17, 15) is 0 Å². The van der Waals surface area contributed by atoms with Crippen molar-refractivity contribution in [2.75, 3.05) is 19.6 Å². The van der Waals surface area contributed by atoms with Crippen LogP contribution in [-0.2, 0) is 13.6 Å². The molecule has 96 valence electrons. The molecule has 17 heavy (non-hydrogen) atoms. The van der Waals surface area contributed by atoms with Crippen LogP contribution in [0, 0.1) is 0 Å². The van der Waals surface area contributed by atoms with E-state index in [1.165, 1.54) is 31.5 Å². The molecular formula is C13H24N4. The number of aromatic nitrogens is 2. The molecule has 2 rings (SSSR count). The quantitative estimate of drug-likeness (QED) is 0.857. The molecule has 0 amide bonds. The molecule has 4 nitrogen and oxygen atoms in total. The maximum atomic E-state index is 4.46. The zero-order valence-corrected chi connectivity index (χ0v) is 11.0. The first-order chi connectivity index (χ1) is 8.28. The first kappa shape index (κ1) is 12.6. The molecule has 0 aromatic carbocycles. The molecule has 1 unspecified atom stereocenters. The Balaban J connectivity index is 1.90. The van der Waals surface area contributed by atoms with Crippen LogP contribution in [0.3, 0.4) is 0 Å². The summed E-state index contributed by atoms with van der Waals surface area (Å²) in [5.41, 5.74) is 1.18. The van der Waals surface area contributed by atoms with E-state index in [2.05, 4.69) is 28.3 Å². The Labute approximate surface area is 104 Å². The van der Waals surface area contributed by atoms with Crippen molar-refractivity contribution in [3.05, 3.63) is 18.0 Å². The van der Waals surface area contributed by atoms with Crippen LogP contribution in [0.2, 0.25) is 0 Å². The molecule has 0 saturated carbocycles. The second kappa shape index (κ2) is 6.17. The molecular weight excluding hydrogens is 212 g/mol. The fourth-order valence-electron chi connectivity index (χ4n) is 2.54. The second-order valence-electron chi connectivity index (χ2n) is 5.01. The standard InChI is InChI=1S/C13H24N4/c1-3-5-12-10-17(8-4-7-14-12)11-13-6-9-16(2)15-13/h6,9,12,14H,3-5,7-8,10-11H2,1-2H3. The van der Waals surface area contributed by atoms with Crippen molar-refractivity contribution < 1.29 is 0 Å². The number of nitrogens with one attached hydrogen (secondary N) is 1. The topological polar surface area (TPSA) is 33.1 Å². The van der Waals surface area contributed by atoms with E-state index in [-0.39, 0.29) is 0 Å². The van der Waals surface area contributed by atoms with Crippen LogP contribution >= 0.6 is 0 Å². The number of hydrogen-bond acceptors (Lipinski definition) is 3. The Bertz CT molecular complexity index is 334. The van der Waals surface area contributed by atoms with Crippen LogP contribution < -0.4 is 5.32 Å². The average Bonchev–Trinajstić information content (AvgIpc) is 2.58. The zero-order valence-electron chi connectivity index (χ0n) is 11.0. The summed E-state index contributed by atoms with van der Waals surface area (Å²) in [6.07, 6.45) is 5.80. The van der Waals surface area contributed by atoms with Crippen LogP contribution in [0.5, 0.6) is 0 Å². The fraction of sp³-hybridized carbons (Fsp3) is 0.769. The highest BCUT2D eigenvalue weighted by atomic mass is 15.3. The Kier molecular flexibility index (Phi) is 4.57. The lowest BCUT2D eigenvalue weighted by Crippen LogP contribution is -2.37. The van der Waals surface area contributed by atoms with Crippen molar-refractivity contribution in [1.82, 2.24) is 20.0 Å². The normalized spacial score (nSPS) is 22.6. The van der Waals surface area contributed by atoms with Gasteiger partial charge in [0.25, 0.3) is 0 Å². The average molecular weight is 236 g/mol. The number of nitrogens with zero attached hydrogens (tertiary/aromatic N) is 3. The first-order valence-corrected chi connectivity index (χ1v) is 6.72. The molecule has 0 spiro atoms. The number of rotatable bonds is 4. The third-order valence-corrected chi connectivity index (χ3v) is 3.35. The molecule has 1 fully saturated rings. The van der Waals surface area contributed by atoms with E-state index >= 15 is 0 Å². The fourth-order valence-corrected chi connectivity index (χ4v) is 2.54.